The summed E-state index contributed by atoms with van der Waals surface area (Å²) in [5, 5.41) is 10.4. The predicted octanol–water partition coefficient (Wildman–Crippen LogP) is 3.43. The summed E-state index contributed by atoms with van der Waals surface area (Å²) >= 11 is 5.95. The molecular weight excluding hydrogens is 380 g/mol. The number of para-hydroxylation sites is 1. The lowest BCUT2D eigenvalue weighted by atomic mass is 10.1. The van der Waals surface area contributed by atoms with Crippen LogP contribution in [0.25, 0.3) is 10.8 Å². The van der Waals surface area contributed by atoms with Gasteiger partial charge in [-0.25, -0.2) is 4.79 Å². The van der Waals surface area contributed by atoms with Gasteiger partial charge in [0.25, 0.3) is 0 Å². The Balaban J connectivity index is 1.91. The van der Waals surface area contributed by atoms with Gasteiger partial charge in [0.1, 0.15) is 4.90 Å². The zero-order valence-corrected chi connectivity index (χ0v) is 14.7. The quantitative estimate of drug-likeness (QED) is 0.552. The largest absolute Gasteiger partial charge is 0.478 e. The van der Waals surface area contributed by atoms with E-state index in [0.717, 1.165) is 6.07 Å². The van der Waals surface area contributed by atoms with Crippen LogP contribution in [-0.2, 0) is 14.4 Å². The Kier molecular flexibility index (Phi) is 5.10. The van der Waals surface area contributed by atoms with E-state index in [1.165, 1.54) is 6.07 Å². The van der Waals surface area contributed by atoms with Crippen molar-refractivity contribution in [1.29, 1.82) is 0 Å². The zero-order valence-electron chi connectivity index (χ0n) is 13.1. The van der Waals surface area contributed by atoms with Crippen molar-refractivity contribution in [3.05, 3.63) is 71.2 Å². The Bertz CT molecular complexity index is 1090. The van der Waals surface area contributed by atoms with Crippen LogP contribution in [0.4, 0.5) is 5.69 Å². The average molecular weight is 393 g/mol. The molecule has 0 unspecified atom stereocenters. The fourth-order valence-electron chi connectivity index (χ4n) is 2.34. The maximum Gasteiger partial charge on any atom is 0.335 e. The van der Waals surface area contributed by atoms with Gasteiger partial charge in [0, 0.05) is 5.39 Å². The molecule has 0 aliphatic rings. The topological polar surface area (TPSA) is 105 Å². The number of hydrazine groups is 1. The second-order valence-electron chi connectivity index (χ2n) is 5.25. The molecule has 0 amide bonds. The summed E-state index contributed by atoms with van der Waals surface area (Å²) < 4.78 is 29.9. The molecule has 3 aromatic carbocycles. The van der Waals surface area contributed by atoms with Crippen LogP contribution in [0.5, 0.6) is 0 Å². The number of carboxylic acids is 1. The highest BCUT2D eigenvalue weighted by atomic mass is 35.5. The molecule has 0 aliphatic carbocycles. The minimum absolute atomic E-state index is 0.162. The maximum atomic E-state index is 12.5. The number of aromatic carboxylic acids is 1. The normalized spacial score (nSPS) is 11.4. The van der Waals surface area contributed by atoms with Crippen molar-refractivity contribution in [2.45, 2.75) is 4.90 Å². The monoisotopic (exact) mass is 392 g/mol. The van der Waals surface area contributed by atoms with Crippen LogP contribution in [0.15, 0.2) is 65.6 Å². The van der Waals surface area contributed by atoms with E-state index in [1.54, 1.807) is 48.5 Å². The van der Waals surface area contributed by atoms with Gasteiger partial charge in [-0.1, -0.05) is 53.6 Å². The molecule has 26 heavy (non-hydrogen) atoms. The summed E-state index contributed by atoms with van der Waals surface area (Å²) in [6.45, 7) is 0. The number of fused-ring (bicyclic) bond motifs is 1. The van der Waals surface area contributed by atoms with Gasteiger partial charge in [0.15, 0.2) is 0 Å². The van der Waals surface area contributed by atoms with Crippen LogP contribution >= 0.6 is 11.6 Å². The van der Waals surface area contributed by atoms with Gasteiger partial charge in [-0.05, 0) is 29.7 Å². The molecule has 0 aromatic heterocycles. The van der Waals surface area contributed by atoms with E-state index >= 15 is 0 Å². The summed E-state index contributed by atoms with van der Waals surface area (Å²) in [7, 11) is -4.31. The van der Waals surface area contributed by atoms with E-state index < -0.39 is 16.1 Å². The first-order valence-corrected chi connectivity index (χ1v) is 9.12. The lowest BCUT2D eigenvalue weighted by Gasteiger charge is -2.12. The molecule has 9 heteroatoms. The number of rotatable bonds is 6. The minimum atomic E-state index is -4.31. The number of halogens is 1. The van der Waals surface area contributed by atoms with E-state index in [0.29, 0.717) is 21.5 Å². The Morgan fingerprint density at radius 1 is 1.04 bits per heavy atom. The fraction of sp³-hybridized carbons (Fsp3) is 0. The Hall–Kier alpha value is -2.65. The van der Waals surface area contributed by atoms with E-state index in [2.05, 4.69) is 11.0 Å². The van der Waals surface area contributed by atoms with Crippen molar-refractivity contribution < 1.29 is 22.6 Å². The molecule has 3 N–H and O–H groups in total. The first kappa shape index (κ1) is 18.2. The van der Waals surface area contributed by atoms with Gasteiger partial charge in [0.2, 0.25) is 0 Å². The van der Waals surface area contributed by atoms with Crippen LogP contribution in [0.2, 0.25) is 5.02 Å². The maximum absolute atomic E-state index is 12.5. The fourth-order valence-corrected chi connectivity index (χ4v) is 3.49. The van der Waals surface area contributed by atoms with Crippen molar-refractivity contribution in [1.82, 2.24) is 5.59 Å². The molecule has 0 bridgehead atoms. The number of anilines is 1. The molecule has 0 atom stereocenters. The van der Waals surface area contributed by atoms with Crippen molar-refractivity contribution in [3.63, 3.8) is 0 Å². The van der Waals surface area contributed by atoms with E-state index in [-0.39, 0.29) is 10.5 Å². The summed E-state index contributed by atoms with van der Waals surface area (Å²) in [5.74, 6) is -1.24. The van der Waals surface area contributed by atoms with Gasteiger partial charge in [-0.3, -0.25) is 5.43 Å². The molecule has 0 spiro atoms. The van der Waals surface area contributed by atoms with E-state index in [1.807, 2.05) is 0 Å². The highest BCUT2D eigenvalue weighted by molar-refractivity contribution is 7.87. The highest BCUT2D eigenvalue weighted by Crippen LogP contribution is 2.26. The smallest absolute Gasteiger partial charge is 0.335 e. The van der Waals surface area contributed by atoms with Crippen molar-refractivity contribution in [3.8, 4) is 0 Å². The summed E-state index contributed by atoms with van der Waals surface area (Å²) in [5.41, 5.74) is 4.90. The highest BCUT2D eigenvalue weighted by Gasteiger charge is 2.21. The zero-order chi connectivity index (χ0) is 18.7. The Morgan fingerprint density at radius 3 is 2.46 bits per heavy atom. The summed E-state index contributed by atoms with van der Waals surface area (Å²) in [6, 6.07) is 15.6. The number of carboxylic acid groups (broad SMARTS) is 1. The van der Waals surface area contributed by atoms with E-state index in [9.17, 15) is 18.3 Å². The second kappa shape index (κ2) is 7.30. The Labute approximate surface area is 154 Å². The third-order valence-corrected chi connectivity index (χ3v) is 5.06. The number of hydrogen-bond acceptors (Lipinski definition) is 6. The van der Waals surface area contributed by atoms with Crippen LogP contribution in [0.1, 0.15) is 10.4 Å². The molecule has 0 saturated carbocycles. The van der Waals surface area contributed by atoms with E-state index in [4.69, 9.17) is 15.9 Å². The third-order valence-electron chi connectivity index (χ3n) is 3.55. The second-order valence-corrected chi connectivity index (χ2v) is 7.17. The van der Waals surface area contributed by atoms with Gasteiger partial charge in [-0.15, -0.1) is 0 Å². The molecule has 0 aliphatic heterocycles. The standard InChI is InChI=1S/C17H13ClN2O5S/c18-14-7-3-4-8-15(14)19-20-25-26(23,24)16-10-12(17(21)22)9-11-5-1-2-6-13(11)16/h1-10,19-20H,(H,21,22). The number of nitrogens with one attached hydrogen (secondary N) is 2. The predicted molar refractivity (Wildman–Crippen MR) is 97.4 cm³/mol. The molecule has 0 heterocycles. The number of hydrogen-bond donors (Lipinski definition) is 3. The minimum Gasteiger partial charge on any atom is -0.478 e. The van der Waals surface area contributed by atoms with Crippen molar-refractivity contribution >= 4 is 44.1 Å². The lowest BCUT2D eigenvalue weighted by Crippen LogP contribution is -2.26. The van der Waals surface area contributed by atoms with Crippen LogP contribution in [0, 0.1) is 0 Å². The molecular formula is C17H13ClN2O5S. The molecule has 3 rings (SSSR count). The first-order valence-electron chi connectivity index (χ1n) is 7.33. The van der Waals surface area contributed by atoms with Crippen LogP contribution in [-0.4, -0.2) is 19.5 Å². The molecule has 3 aromatic rings. The number of carbonyl (C=O) groups is 1. The molecule has 0 fully saturated rings. The summed E-state index contributed by atoms with van der Waals surface area (Å²) in [4.78, 5) is 11.0. The van der Waals surface area contributed by atoms with Gasteiger partial charge in [0.05, 0.1) is 16.3 Å². The first-order chi connectivity index (χ1) is 12.4. The van der Waals surface area contributed by atoms with Crippen LogP contribution < -0.4 is 11.0 Å². The molecule has 7 nitrogen and oxygen atoms in total. The van der Waals surface area contributed by atoms with Crippen molar-refractivity contribution in [2.75, 3.05) is 5.43 Å². The SMILES string of the molecule is O=C(O)c1cc(S(=O)(=O)ONNc2ccccc2Cl)c2ccccc2c1. The summed E-state index contributed by atoms with van der Waals surface area (Å²) in [6.07, 6.45) is 0. The van der Waals surface area contributed by atoms with Gasteiger partial charge in [-0.2, -0.15) is 12.7 Å². The molecule has 0 radical (unpaired) electrons. The van der Waals surface area contributed by atoms with Crippen molar-refractivity contribution in [2.24, 2.45) is 0 Å². The Morgan fingerprint density at radius 2 is 1.73 bits per heavy atom. The van der Waals surface area contributed by atoms with Crippen LogP contribution in [0.3, 0.4) is 0 Å². The molecule has 134 valence electrons. The average Bonchev–Trinajstić information content (AvgIpc) is 2.62. The van der Waals surface area contributed by atoms with Gasteiger partial charge < -0.3 is 5.11 Å². The molecule has 0 saturated heterocycles. The van der Waals surface area contributed by atoms with Gasteiger partial charge >= 0.3 is 16.1 Å². The third kappa shape index (κ3) is 3.78. The lowest BCUT2D eigenvalue weighted by molar-refractivity contribution is 0.0697. The number of benzene rings is 3.